The minimum Gasteiger partial charge on any atom is -0.321 e. The number of aromatic nitrogens is 1. The molecule has 0 amide bonds. The third kappa shape index (κ3) is 3.29. The minimum absolute atomic E-state index is 0.172. The summed E-state index contributed by atoms with van der Waals surface area (Å²) < 4.78 is 28.5. The standard InChI is InChI=1S/C11H10Br2N4O2S/c12-7-3-4-8(13)10(6-7)17-20(18,19)11-9(16-14)2-1-5-15-11/h1-6,16-17H,14H2. The quantitative estimate of drug-likeness (QED) is 0.520. The molecule has 0 radical (unpaired) electrons. The van der Waals surface area contributed by atoms with Gasteiger partial charge in [0.05, 0.1) is 11.4 Å². The van der Waals surface area contributed by atoms with Crippen LogP contribution >= 0.6 is 31.9 Å². The maximum atomic E-state index is 12.3. The number of hydrogen-bond donors (Lipinski definition) is 3. The second-order valence-electron chi connectivity index (χ2n) is 3.73. The lowest BCUT2D eigenvalue weighted by atomic mass is 10.3. The summed E-state index contributed by atoms with van der Waals surface area (Å²) in [6.07, 6.45) is 1.38. The van der Waals surface area contributed by atoms with Crippen LogP contribution in [0.25, 0.3) is 0 Å². The van der Waals surface area contributed by atoms with Crippen molar-refractivity contribution in [1.29, 1.82) is 0 Å². The van der Waals surface area contributed by atoms with Gasteiger partial charge in [-0.2, -0.15) is 8.42 Å². The van der Waals surface area contributed by atoms with Crippen molar-refractivity contribution in [2.24, 2.45) is 5.84 Å². The Morgan fingerprint density at radius 3 is 2.60 bits per heavy atom. The molecule has 0 saturated heterocycles. The fourth-order valence-electron chi connectivity index (χ4n) is 1.48. The van der Waals surface area contributed by atoms with Crippen LogP contribution in [-0.2, 0) is 10.0 Å². The Bertz CT molecular complexity index is 737. The summed E-state index contributed by atoms with van der Waals surface area (Å²) in [5, 5.41) is -0.172. The fraction of sp³-hybridized carbons (Fsp3) is 0. The molecule has 6 nitrogen and oxygen atoms in total. The number of rotatable bonds is 4. The van der Waals surface area contributed by atoms with Gasteiger partial charge in [-0.15, -0.1) is 0 Å². The number of halogens is 2. The molecule has 1 heterocycles. The van der Waals surface area contributed by atoms with Crippen molar-refractivity contribution in [1.82, 2.24) is 4.98 Å². The van der Waals surface area contributed by atoms with Crippen LogP contribution in [0.5, 0.6) is 0 Å². The highest BCUT2D eigenvalue weighted by Crippen LogP contribution is 2.29. The van der Waals surface area contributed by atoms with Crippen molar-refractivity contribution >= 4 is 53.3 Å². The average molecular weight is 422 g/mol. The van der Waals surface area contributed by atoms with Crippen LogP contribution < -0.4 is 16.0 Å². The van der Waals surface area contributed by atoms with E-state index < -0.39 is 10.0 Å². The Morgan fingerprint density at radius 1 is 1.15 bits per heavy atom. The Hall–Kier alpha value is -1.16. The predicted molar refractivity (Wildman–Crippen MR) is 84.7 cm³/mol. The Labute approximate surface area is 133 Å². The molecule has 0 atom stereocenters. The molecule has 9 heteroatoms. The zero-order chi connectivity index (χ0) is 14.8. The normalized spacial score (nSPS) is 11.2. The summed E-state index contributed by atoms with van der Waals surface area (Å²) in [5.74, 6) is 5.30. The van der Waals surface area contributed by atoms with E-state index >= 15 is 0 Å². The Kier molecular flexibility index (Phi) is 4.63. The molecule has 0 bridgehead atoms. The second kappa shape index (κ2) is 6.08. The molecule has 0 fully saturated rings. The van der Waals surface area contributed by atoms with Gasteiger partial charge < -0.3 is 5.43 Å². The maximum absolute atomic E-state index is 12.3. The van der Waals surface area contributed by atoms with Gasteiger partial charge in [-0.1, -0.05) is 15.9 Å². The maximum Gasteiger partial charge on any atom is 0.281 e. The Balaban J connectivity index is 2.43. The highest BCUT2D eigenvalue weighted by Gasteiger charge is 2.21. The number of benzene rings is 1. The summed E-state index contributed by atoms with van der Waals surface area (Å²) in [6, 6.07) is 8.26. The van der Waals surface area contributed by atoms with Crippen molar-refractivity contribution in [2.75, 3.05) is 10.1 Å². The lowest BCUT2D eigenvalue weighted by Crippen LogP contribution is -2.19. The third-order valence-corrected chi connectivity index (χ3v) is 4.86. The van der Waals surface area contributed by atoms with Crippen molar-refractivity contribution in [3.05, 3.63) is 45.5 Å². The highest BCUT2D eigenvalue weighted by atomic mass is 79.9. The van der Waals surface area contributed by atoms with E-state index in [4.69, 9.17) is 5.84 Å². The van der Waals surface area contributed by atoms with Gasteiger partial charge >= 0.3 is 0 Å². The number of hydrazine groups is 1. The SMILES string of the molecule is NNc1cccnc1S(=O)(=O)Nc1cc(Br)ccc1Br. The van der Waals surface area contributed by atoms with E-state index in [1.165, 1.54) is 12.3 Å². The molecule has 0 aliphatic carbocycles. The number of nitrogens with zero attached hydrogens (tertiary/aromatic N) is 1. The van der Waals surface area contributed by atoms with Gasteiger partial charge in [0.1, 0.15) is 0 Å². The molecule has 2 rings (SSSR count). The van der Waals surface area contributed by atoms with E-state index in [1.54, 1.807) is 24.3 Å². The van der Waals surface area contributed by atoms with Crippen molar-refractivity contribution in [3.8, 4) is 0 Å². The molecule has 0 aliphatic heterocycles. The van der Waals surface area contributed by atoms with E-state index in [-0.39, 0.29) is 10.7 Å². The zero-order valence-electron chi connectivity index (χ0n) is 9.97. The van der Waals surface area contributed by atoms with Gasteiger partial charge in [0.2, 0.25) is 5.03 Å². The monoisotopic (exact) mass is 420 g/mol. The van der Waals surface area contributed by atoms with Crippen LogP contribution in [0.2, 0.25) is 0 Å². The van der Waals surface area contributed by atoms with Crippen molar-refractivity contribution in [2.45, 2.75) is 5.03 Å². The number of sulfonamides is 1. The van der Waals surface area contributed by atoms with Crippen molar-refractivity contribution < 1.29 is 8.42 Å². The molecule has 1 aromatic heterocycles. The van der Waals surface area contributed by atoms with Gasteiger partial charge in [0.25, 0.3) is 10.0 Å². The first-order chi connectivity index (χ1) is 9.44. The molecule has 2 aromatic rings. The number of hydrogen-bond acceptors (Lipinski definition) is 5. The summed E-state index contributed by atoms with van der Waals surface area (Å²) in [4.78, 5) is 3.85. The first-order valence-corrected chi connectivity index (χ1v) is 8.40. The first kappa shape index (κ1) is 15.2. The van der Waals surface area contributed by atoms with Gasteiger partial charge in [-0.3, -0.25) is 10.6 Å². The third-order valence-electron chi connectivity index (χ3n) is 2.35. The molecule has 0 aliphatic rings. The molecular weight excluding hydrogens is 412 g/mol. The molecule has 20 heavy (non-hydrogen) atoms. The number of nitrogens with two attached hydrogens (primary N) is 1. The number of pyridine rings is 1. The zero-order valence-corrected chi connectivity index (χ0v) is 14.0. The molecule has 0 saturated carbocycles. The topological polar surface area (TPSA) is 97.1 Å². The van der Waals surface area contributed by atoms with Crippen LogP contribution in [0.4, 0.5) is 11.4 Å². The summed E-state index contributed by atoms with van der Waals surface area (Å²) >= 11 is 6.57. The summed E-state index contributed by atoms with van der Waals surface area (Å²) in [5.41, 5.74) is 2.92. The predicted octanol–water partition coefficient (Wildman–Crippen LogP) is 2.69. The molecule has 106 valence electrons. The molecular formula is C11H10Br2N4O2S. The van der Waals surface area contributed by atoms with Crippen LogP contribution in [0.3, 0.4) is 0 Å². The number of nitrogens with one attached hydrogen (secondary N) is 2. The van der Waals surface area contributed by atoms with E-state index in [0.717, 1.165) is 4.47 Å². The molecule has 4 N–H and O–H groups in total. The summed E-state index contributed by atoms with van der Waals surface area (Å²) in [7, 11) is -3.85. The van der Waals surface area contributed by atoms with Crippen molar-refractivity contribution in [3.63, 3.8) is 0 Å². The van der Waals surface area contributed by atoms with E-state index in [9.17, 15) is 8.42 Å². The largest absolute Gasteiger partial charge is 0.321 e. The van der Waals surface area contributed by atoms with Crippen LogP contribution in [0, 0.1) is 0 Å². The minimum atomic E-state index is -3.85. The molecule has 1 aromatic carbocycles. The number of anilines is 2. The fourth-order valence-corrected chi connectivity index (χ4v) is 3.49. The summed E-state index contributed by atoms with van der Waals surface area (Å²) in [6.45, 7) is 0. The molecule has 0 spiro atoms. The van der Waals surface area contributed by atoms with Crippen LogP contribution in [0.15, 0.2) is 50.5 Å². The lowest BCUT2D eigenvalue weighted by molar-refractivity contribution is 0.598. The van der Waals surface area contributed by atoms with Gasteiger partial charge in [-0.25, -0.2) is 4.98 Å². The molecule has 0 unspecified atom stereocenters. The van der Waals surface area contributed by atoms with Gasteiger partial charge in [-0.05, 0) is 46.3 Å². The lowest BCUT2D eigenvalue weighted by Gasteiger charge is -2.12. The van der Waals surface area contributed by atoms with Gasteiger partial charge in [0.15, 0.2) is 0 Å². The van der Waals surface area contributed by atoms with E-state index in [1.807, 2.05) is 0 Å². The van der Waals surface area contributed by atoms with Crippen LogP contribution in [0.1, 0.15) is 0 Å². The highest BCUT2D eigenvalue weighted by molar-refractivity contribution is 9.11. The van der Waals surface area contributed by atoms with Gasteiger partial charge in [0, 0.05) is 15.1 Å². The Morgan fingerprint density at radius 2 is 1.90 bits per heavy atom. The smallest absolute Gasteiger partial charge is 0.281 e. The van der Waals surface area contributed by atoms with E-state index in [0.29, 0.717) is 10.2 Å². The second-order valence-corrected chi connectivity index (χ2v) is 7.10. The number of nitrogen functional groups attached to an aromatic ring is 1. The van der Waals surface area contributed by atoms with Crippen LogP contribution in [-0.4, -0.2) is 13.4 Å². The average Bonchev–Trinajstić information content (AvgIpc) is 2.42. The first-order valence-electron chi connectivity index (χ1n) is 5.33. The van der Waals surface area contributed by atoms with E-state index in [2.05, 4.69) is 47.0 Å².